The molecule has 2 aromatic carbocycles. The van der Waals surface area contributed by atoms with Crippen LogP contribution in [0.15, 0.2) is 76.3 Å². The Balaban J connectivity index is 1.84. The summed E-state index contributed by atoms with van der Waals surface area (Å²) in [5.74, 6) is -0.466. The molecule has 10 heteroatoms. The minimum Gasteiger partial charge on any atom is -0.495 e. The number of nitriles is 1. The second kappa shape index (κ2) is 11.7. The standard InChI is InChI=1S/C26H27FN6O2S/c1-26(2,33(3)4)14-17(15-28)23(34)30-18-11-12-22(35-5)21(13-18)31-25-29-16-20(27)24(32-25)36-19-9-7-6-8-10-19/h6-14,16H,1-5H3,(H,30,34)(H,29,31,32). The van der Waals surface area contributed by atoms with Gasteiger partial charge in [0.1, 0.15) is 22.4 Å². The SMILES string of the molecule is COc1ccc(NC(=O)C(C#N)=CC(C)(C)N(C)C)cc1Nc1ncc(F)c(Sc2ccccc2)n1. The van der Waals surface area contributed by atoms with Crippen molar-refractivity contribution in [2.24, 2.45) is 0 Å². The van der Waals surface area contributed by atoms with E-state index in [1.807, 2.05) is 69.2 Å². The first-order chi connectivity index (χ1) is 17.1. The molecule has 0 fully saturated rings. The van der Waals surface area contributed by atoms with Crippen LogP contribution in [0.1, 0.15) is 13.8 Å². The van der Waals surface area contributed by atoms with Crippen molar-refractivity contribution >= 4 is 35.0 Å². The Bertz CT molecular complexity index is 1310. The molecule has 1 aromatic heterocycles. The Hall–Kier alpha value is -3.94. The summed E-state index contributed by atoms with van der Waals surface area (Å²) in [6, 6.07) is 16.2. The highest BCUT2D eigenvalue weighted by molar-refractivity contribution is 7.99. The molecule has 8 nitrogen and oxygen atoms in total. The third-order valence-electron chi connectivity index (χ3n) is 5.39. The summed E-state index contributed by atoms with van der Waals surface area (Å²) < 4.78 is 19.8. The maximum atomic E-state index is 14.3. The number of carbonyl (C=O) groups excluding carboxylic acids is 1. The maximum absolute atomic E-state index is 14.3. The lowest BCUT2D eigenvalue weighted by Gasteiger charge is -2.29. The minimum absolute atomic E-state index is 0.0107. The average molecular weight is 507 g/mol. The third kappa shape index (κ3) is 6.81. The van der Waals surface area contributed by atoms with Gasteiger partial charge in [0.15, 0.2) is 5.82 Å². The number of likely N-dealkylation sites (N-methyl/N-ethyl adjacent to an activating group) is 1. The number of hydrogen-bond donors (Lipinski definition) is 2. The van der Waals surface area contributed by atoms with E-state index in [1.54, 1.807) is 24.3 Å². The first kappa shape index (κ1) is 26.7. The van der Waals surface area contributed by atoms with E-state index in [2.05, 4.69) is 20.6 Å². The van der Waals surface area contributed by atoms with Crippen molar-refractivity contribution in [2.75, 3.05) is 31.8 Å². The van der Waals surface area contributed by atoms with E-state index in [9.17, 15) is 14.4 Å². The molecule has 0 radical (unpaired) electrons. The van der Waals surface area contributed by atoms with Gasteiger partial charge in [0.05, 0.1) is 19.0 Å². The smallest absolute Gasteiger partial charge is 0.266 e. The summed E-state index contributed by atoms with van der Waals surface area (Å²) in [6.45, 7) is 3.81. The Labute approximate surface area is 214 Å². The Morgan fingerprint density at radius 3 is 2.58 bits per heavy atom. The van der Waals surface area contributed by atoms with Crippen LogP contribution in [0.25, 0.3) is 0 Å². The van der Waals surface area contributed by atoms with Gasteiger partial charge in [0.2, 0.25) is 5.95 Å². The lowest BCUT2D eigenvalue weighted by atomic mass is 10.00. The summed E-state index contributed by atoms with van der Waals surface area (Å²) in [4.78, 5) is 23.8. The van der Waals surface area contributed by atoms with Crippen LogP contribution < -0.4 is 15.4 Å². The van der Waals surface area contributed by atoms with Gasteiger partial charge in [-0.2, -0.15) is 5.26 Å². The molecule has 0 atom stereocenters. The molecule has 0 aliphatic carbocycles. The van der Waals surface area contributed by atoms with Gasteiger partial charge in [0.25, 0.3) is 5.91 Å². The zero-order valence-corrected chi connectivity index (χ0v) is 21.5. The van der Waals surface area contributed by atoms with E-state index < -0.39 is 17.3 Å². The second-order valence-electron chi connectivity index (χ2n) is 8.47. The van der Waals surface area contributed by atoms with E-state index in [1.165, 1.54) is 18.9 Å². The Morgan fingerprint density at radius 2 is 1.94 bits per heavy atom. The molecule has 36 heavy (non-hydrogen) atoms. The largest absolute Gasteiger partial charge is 0.495 e. The van der Waals surface area contributed by atoms with E-state index >= 15 is 0 Å². The molecule has 0 bridgehead atoms. The number of ether oxygens (including phenoxy) is 1. The summed E-state index contributed by atoms with van der Waals surface area (Å²) in [5, 5.41) is 15.4. The molecular weight excluding hydrogens is 479 g/mol. The molecule has 0 saturated heterocycles. The van der Waals surface area contributed by atoms with Crippen molar-refractivity contribution < 1.29 is 13.9 Å². The highest BCUT2D eigenvalue weighted by atomic mass is 32.2. The predicted molar refractivity (Wildman–Crippen MR) is 139 cm³/mol. The molecule has 0 saturated carbocycles. The lowest BCUT2D eigenvalue weighted by molar-refractivity contribution is -0.112. The molecule has 0 aliphatic rings. The molecular formula is C26H27FN6O2S. The number of nitrogens with one attached hydrogen (secondary N) is 2. The van der Waals surface area contributed by atoms with E-state index in [0.717, 1.165) is 11.1 Å². The number of methoxy groups -OCH3 is 1. The number of aromatic nitrogens is 2. The van der Waals surface area contributed by atoms with Gasteiger partial charge in [0, 0.05) is 16.1 Å². The van der Waals surface area contributed by atoms with Crippen molar-refractivity contribution in [1.29, 1.82) is 5.26 Å². The quantitative estimate of drug-likeness (QED) is 0.231. The van der Waals surface area contributed by atoms with Crippen molar-refractivity contribution in [3.63, 3.8) is 0 Å². The molecule has 3 aromatic rings. The number of carbonyl (C=O) groups is 1. The van der Waals surface area contributed by atoms with Gasteiger partial charge in [-0.15, -0.1) is 0 Å². The van der Waals surface area contributed by atoms with Crippen LogP contribution in [-0.4, -0.2) is 47.5 Å². The number of hydrogen-bond acceptors (Lipinski definition) is 8. The normalized spacial score (nSPS) is 11.7. The topological polar surface area (TPSA) is 103 Å². The van der Waals surface area contributed by atoms with E-state index in [-0.39, 0.29) is 16.5 Å². The molecule has 0 spiro atoms. The summed E-state index contributed by atoms with van der Waals surface area (Å²) >= 11 is 1.18. The predicted octanol–water partition coefficient (Wildman–Crippen LogP) is 5.25. The van der Waals surface area contributed by atoms with Crippen molar-refractivity contribution in [3.8, 4) is 11.8 Å². The van der Waals surface area contributed by atoms with Crippen LogP contribution in [0.2, 0.25) is 0 Å². The second-order valence-corrected chi connectivity index (χ2v) is 9.54. The van der Waals surface area contributed by atoms with Crippen LogP contribution in [0.3, 0.4) is 0 Å². The van der Waals surface area contributed by atoms with E-state index in [4.69, 9.17) is 4.74 Å². The van der Waals surface area contributed by atoms with Gasteiger partial charge in [-0.05, 0) is 64.4 Å². The third-order valence-corrected chi connectivity index (χ3v) is 6.38. The molecule has 1 heterocycles. The van der Waals surface area contributed by atoms with Crippen LogP contribution in [0.5, 0.6) is 5.75 Å². The average Bonchev–Trinajstić information content (AvgIpc) is 2.85. The molecule has 0 aliphatic heterocycles. The molecule has 186 valence electrons. The number of anilines is 3. The van der Waals surface area contributed by atoms with E-state index in [0.29, 0.717) is 17.1 Å². The van der Waals surface area contributed by atoms with Gasteiger partial charge in [-0.1, -0.05) is 30.0 Å². The highest BCUT2D eigenvalue weighted by Crippen LogP contribution is 2.32. The van der Waals surface area contributed by atoms with Crippen LogP contribution in [0, 0.1) is 17.1 Å². The number of amides is 1. The fourth-order valence-corrected chi connectivity index (χ4v) is 3.72. The fourth-order valence-electron chi connectivity index (χ4n) is 2.92. The Kier molecular flexibility index (Phi) is 8.64. The zero-order valence-electron chi connectivity index (χ0n) is 20.7. The first-order valence-corrected chi connectivity index (χ1v) is 11.8. The van der Waals surface area contributed by atoms with Crippen molar-refractivity contribution in [2.45, 2.75) is 29.3 Å². The lowest BCUT2D eigenvalue weighted by Crippen LogP contribution is -2.37. The van der Waals surface area contributed by atoms with Gasteiger partial charge < -0.3 is 20.3 Å². The molecule has 3 rings (SSSR count). The van der Waals surface area contributed by atoms with Crippen LogP contribution in [-0.2, 0) is 4.79 Å². The first-order valence-electron chi connectivity index (χ1n) is 10.9. The minimum atomic E-state index is -0.543. The van der Waals surface area contributed by atoms with Gasteiger partial charge in [-0.25, -0.2) is 14.4 Å². The molecule has 0 unspecified atom stereocenters. The summed E-state index contributed by atoms with van der Waals surface area (Å²) in [5.41, 5.74) is 0.370. The van der Waals surface area contributed by atoms with Crippen LogP contribution >= 0.6 is 11.8 Å². The van der Waals surface area contributed by atoms with Gasteiger partial charge in [-0.3, -0.25) is 4.79 Å². The van der Waals surface area contributed by atoms with Gasteiger partial charge >= 0.3 is 0 Å². The number of rotatable bonds is 9. The van der Waals surface area contributed by atoms with Crippen molar-refractivity contribution in [3.05, 3.63) is 72.2 Å². The molecule has 2 N–H and O–H groups in total. The summed E-state index contributed by atoms with van der Waals surface area (Å²) in [7, 11) is 5.24. The zero-order chi connectivity index (χ0) is 26.3. The number of benzene rings is 2. The maximum Gasteiger partial charge on any atom is 0.266 e. The Morgan fingerprint density at radius 1 is 1.22 bits per heavy atom. The fraction of sp³-hybridized carbons (Fsp3) is 0.231. The van der Waals surface area contributed by atoms with Crippen molar-refractivity contribution in [1.82, 2.24) is 14.9 Å². The highest BCUT2D eigenvalue weighted by Gasteiger charge is 2.21. The number of halogens is 1. The number of nitrogens with zero attached hydrogens (tertiary/aromatic N) is 4. The van der Waals surface area contributed by atoms with Crippen LogP contribution in [0.4, 0.5) is 21.7 Å². The molecule has 1 amide bonds. The monoisotopic (exact) mass is 506 g/mol. The summed E-state index contributed by atoms with van der Waals surface area (Å²) in [6.07, 6.45) is 2.71.